The van der Waals surface area contributed by atoms with Crippen LogP contribution in [0.3, 0.4) is 0 Å². The maximum absolute atomic E-state index is 5.77. The van der Waals surface area contributed by atoms with Gasteiger partial charge < -0.3 is 0 Å². The lowest BCUT2D eigenvalue weighted by Gasteiger charge is -2.19. The van der Waals surface area contributed by atoms with Crippen molar-refractivity contribution >= 4 is 11.8 Å². The molecule has 1 unspecified atom stereocenters. The number of benzene rings is 2. The van der Waals surface area contributed by atoms with E-state index in [0.29, 0.717) is 0 Å². The molecule has 2 rings (SSSR count). The summed E-state index contributed by atoms with van der Waals surface area (Å²) in [6, 6.07) is 17.1. The molecule has 3 heteroatoms. The molecule has 0 amide bonds. The van der Waals surface area contributed by atoms with Gasteiger partial charge in [0.15, 0.2) is 0 Å². The number of hydrazine groups is 1. The standard InChI is InChI=1S/C16H20N2S/c1-3-12-8-10-13(11-9-12)16(18-17)14-6-4-5-7-15(14)19-2/h4-11,16,18H,3,17H2,1-2H3. The van der Waals surface area contributed by atoms with E-state index in [0.717, 1.165) is 6.42 Å². The number of thioether (sulfide) groups is 1. The van der Waals surface area contributed by atoms with Crippen molar-refractivity contribution in [2.75, 3.05) is 6.26 Å². The van der Waals surface area contributed by atoms with Gasteiger partial charge in [-0.3, -0.25) is 5.84 Å². The zero-order valence-electron chi connectivity index (χ0n) is 11.4. The lowest BCUT2D eigenvalue weighted by Crippen LogP contribution is -2.29. The monoisotopic (exact) mass is 272 g/mol. The summed E-state index contributed by atoms with van der Waals surface area (Å²) in [5.41, 5.74) is 6.70. The molecule has 2 nitrogen and oxygen atoms in total. The Labute approximate surface area is 119 Å². The van der Waals surface area contributed by atoms with E-state index in [-0.39, 0.29) is 6.04 Å². The van der Waals surface area contributed by atoms with Crippen LogP contribution in [-0.2, 0) is 6.42 Å². The van der Waals surface area contributed by atoms with Gasteiger partial charge in [0.2, 0.25) is 0 Å². The molecule has 3 N–H and O–H groups in total. The summed E-state index contributed by atoms with van der Waals surface area (Å²) in [6.07, 6.45) is 3.15. The molecule has 1 atom stereocenters. The second-order valence-electron chi connectivity index (χ2n) is 4.44. The smallest absolute Gasteiger partial charge is 0.0720 e. The average molecular weight is 272 g/mol. The van der Waals surface area contributed by atoms with Crippen molar-refractivity contribution in [3.63, 3.8) is 0 Å². The van der Waals surface area contributed by atoms with E-state index >= 15 is 0 Å². The Kier molecular flexibility index (Phi) is 5.02. The number of nitrogens with one attached hydrogen (secondary N) is 1. The fourth-order valence-corrected chi connectivity index (χ4v) is 2.85. The second-order valence-corrected chi connectivity index (χ2v) is 5.28. The summed E-state index contributed by atoms with van der Waals surface area (Å²) in [7, 11) is 0. The van der Waals surface area contributed by atoms with Crippen molar-refractivity contribution in [1.29, 1.82) is 0 Å². The van der Waals surface area contributed by atoms with Gasteiger partial charge in [-0.25, -0.2) is 5.43 Å². The van der Waals surface area contributed by atoms with Gasteiger partial charge >= 0.3 is 0 Å². The molecule has 0 aromatic heterocycles. The topological polar surface area (TPSA) is 38.0 Å². The molecular weight excluding hydrogens is 252 g/mol. The molecule has 0 aliphatic carbocycles. The third-order valence-corrected chi connectivity index (χ3v) is 4.15. The molecule has 0 saturated heterocycles. The van der Waals surface area contributed by atoms with Crippen LogP contribution in [0.5, 0.6) is 0 Å². The first-order valence-corrected chi connectivity index (χ1v) is 7.70. The molecule has 0 bridgehead atoms. The predicted octanol–water partition coefficient (Wildman–Crippen LogP) is 3.52. The maximum Gasteiger partial charge on any atom is 0.0720 e. The molecule has 0 heterocycles. The van der Waals surface area contributed by atoms with Crippen molar-refractivity contribution in [3.8, 4) is 0 Å². The van der Waals surface area contributed by atoms with E-state index < -0.39 is 0 Å². The molecule has 2 aromatic rings. The van der Waals surface area contributed by atoms with Crippen LogP contribution in [-0.4, -0.2) is 6.26 Å². The first kappa shape index (κ1) is 14.1. The molecule has 0 aliphatic rings. The summed E-state index contributed by atoms with van der Waals surface area (Å²) < 4.78 is 0. The zero-order valence-corrected chi connectivity index (χ0v) is 12.2. The molecule has 0 fully saturated rings. The Hall–Kier alpha value is -1.29. The summed E-state index contributed by atoms with van der Waals surface area (Å²) >= 11 is 1.75. The minimum atomic E-state index is 0.0366. The van der Waals surface area contributed by atoms with Crippen molar-refractivity contribution in [3.05, 3.63) is 65.2 Å². The SMILES string of the molecule is CCc1ccc(C(NN)c2ccccc2SC)cc1. The van der Waals surface area contributed by atoms with E-state index in [1.807, 2.05) is 0 Å². The van der Waals surface area contributed by atoms with Gasteiger partial charge in [0.1, 0.15) is 0 Å². The molecule has 0 saturated carbocycles. The number of hydrogen-bond acceptors (Lipinski definition) is 3. The molecule has 0 spiro atoms. The van der Waals surface area contributed by atoms with Crippen LogP contribution >= 0.6 is 11.8 Å². The van der Waals surface area contributed by atoms with E-state index in [9.17, 15) is 0 Å². The van der Waals surface area contributed by atoms with E-state index in [1.54, 1.807) is 11.8 Å². The van der Waals surface area contributed by atoms with Crippen molar-refractivity contribution in [2.24, 2.45) is 5.84 Å². The van der Waals surface area contributed by atoms with Crippen LogP contribution in [0.4, 0.5) is 0 Å². The molecule has 2 aromatic carbocycles. The van der Waals surface area contributed by atoms with Gasteiger partial charge in [0, 0.05) is 4.90 Å². The van der Waals surface area contributed by atoms with Crippen LogP contribution in [0, 0.1) is 0 Å². The highest BCUT2D eigenvalue weighted by molar-refractivity contribution is 7.98. The molecule has 0 radical (unpaired) electrons. The van der Waals surface area contributed by atoms with Gasteiger partial charge in [-0.1, -0.05) is 49.4 Å². The largest absolute Gasteiger partial charge is 0.271 e. The lowest BCUT2D eigenvalue weighted by molar-refractivity contribution is 0.627. The maximum atomic E-state index is 5.77. The summed E-state index contributed by atoms with van der Waals surface area (Å²) in [5.74, 6) is 5.77. The van der Waals surface area contributed by atoms with Gasteiger partial charge in [-0.15, -0.1) is 11.8 Å². The molecule has 19 heavy (non-hydrogen) atoms. The van der Waals surface area contributed by atoms with Crippen molar-refractivity contribution < 1.29 is 0 Å². The first-order chi connectivity index (χ1) is 9.30. The highest BCUT2D eigenvalue weighted by atomic mass is 32.2. The zero-order chi connectivity index (χ0) is 13.7. The Balaban J connectivity index is 2.37. The minimum absolute atomic E-state index is 0.0366. The van der Waals surface area contributed by atoms with E-state index in [2.05, 4.69) is 67.1 Å². The Bertz CT molecular complexity index is 523. The lowest BCUT2D eigenvalue weighted by atomic mass is 9.98. The fourth-order valence-electron chi connectivity index (χ4n) is 2.22. The Morgan fingerprint density at radius 2 is 1.79 bits per heavy atom. The van der Waals surface area contributed by atoms with Gasteiger partial charge in [0.25, 0.3) is 0 Å². The number of hydrogen-bond donors (Lipinski definition) is 2. The number of nitrogens with two attached hydrogens (primary N) is 1. The number of rotatable bonds is 5. The Morgan fingerprint density at radius 1 is 1.11 bits per heavy atom. The van der Waals surface area contributed by atoms with Gasteiger partial charge in [0.05, 0.1) is 6.04 Å². The highest BCUT2D eigenvalue weighted by Gasteiger charge is 2.15. The Morgan fingerprint density at radius 3 is 2.37 bits per heavy atom. The van der Waals surface area contributed by atoms with Crippen LogP contribution < -0.4 is 11.3 Å². The van der Waals surface area contributed by atoms with Crippen molar-refractivity contribution in [1.82, 2.24) is 5.43 Å². The van der Waals surface area contributed by atoms with E-state index in [4.69, 9.17) is 5.84 Å². The predicted molar refractivity (Wildman–Crippen MR) is 83.2 cm³/mol. The van der Waals surface area contributed by atoms with Crippen LogP contribution in [0.25, 0.3) is 0 Å². The van der Waals surface area contributed by atoms with Crippen LogP contribution in [0.1, 0.15) is 29.7 Å². The molecule has 0 aliphatic heterocycles. The quantitative estimate of drug-likeness (QED) is 0.497. The van der Waals surface area contributed by atoms with Crippen LogP contribution in [0.15, 0.2) is 53.4 Å². The summed E-state index contributed by atoms with van der Waals surface area (Å²) in [4.78, 5) is 1.25. The summed E-state index contributed by atoms with van der Waals surface area (Å²) in [5, 5.41) is 0. The fraction of sp³-hybridized carbons (Fsp3) is 0.250. The third-order valence-electron chi connectivity index (χ3n) is 3.34. The highest BCUT2D eigenvalue weighted by Crippen LogP contribution is 2.29. The summed E-state index contributed by atoms with van der Waals surface area (Å²) in [6.45, 7) is 2.16. The first-order valence-electron chi connectivity index (χ1n) is 6.48. The normalized spacial score (nSPS) is 12.4. The van der Waals surface area contributed by atoms with Gasteiger partial charge in [-0.2, -0.15) is 0 Å². The van der Waals surface area contributed by atoms with E-state index in [1.165, 1.54) is 21.6 Å². The van der Waals surface area contributed by atoms with Crippen LogP contribution in [0.2, 0.25) is 0 Å². The van der Waals surface area contributed by atoms with Crippen molar-refractivity contribution in [2.45, 2.75) is 24.3 Å². The average Bonchev–Trinajstić information content (AvgIpc) is 2.49. The van der Waals surface area contributed by atoms with Gasteiger partial charge in [-0.05, 0) is 35.4 Å². The third kappa shape index (κ3) is 3.18. The second kappa shape index (κ2) is 6.75. The molecule has 100 valence electrons. The minimum Gasteiger partial charge on any atom is -0.271 e. The number of aryl methyl sites for hydroxylation is 1. The molecular formula is C16H20N2S.